The predicted molar refractivity (Wildman–Crippen MR) is 87.1 cm³/mol. The molecule has 1 aliphatic rings. The predicted octanol–water partition coefficient (Wildman–Crippen LogP) is 3.39. The number of aryl methyl sites for hydroxylation is 1. The second-order valence-corrected chi connectivity index (χ2v) is 6.61. The summed E-state index contributed by atoms with van der Waals surface area (Å²) in [5.41, 5.74) is 1.64. The number of benzene rings is 1. The van der Waals surface area contributed by atoms with Gasteiger partial charge in [0.2, 0.25) is 0 Å². The van der Waals surface area contributed by atoms with Gasteiger partial charge in [-0.25, -0.2) is 0 Å². The standard InChI is InChI=1S/C16H21BrN2O2/c1-10-5-3-4-6-14(10)19-16(21)15(20)18-12-7-8-13(17)11(2)9-12/h7-10,14H,3-6H2,1-2H3,(H,18,20)(H,19,21). The molecule has 5 heteroatoms. The fourth-order valence-corrected chi connectivity index (χ4v) is 2.92. The summed E-state index contributed by atoms with van der Waals surface area (Å²) < 4.78 is 0.973. The van der Waals surface area contributed by atoms with E-state index in [1.54, 1.807) is 6.07 Å². The largest absolute Gasteiger partial charge is 0.345 e. The van der Waals surface area contributed by atoms with E-state index in [0.29, 0.717) is 11.6 Å². The average molecular weight is 353 g/mol. The van der Waals surface area contributed by atoms with Gasteiger partial charge in [0.05, 0.1) is 0 Å². The van der Waals surface area contributed by atoms with E-state index in [2.05, 4.69) is 33.5 Å². The van der Waals surface area contributed by atoms with Crippen molar-refractivity contribution in [1.29, 1.82) is 0 Å². The number of halogens is 1. The summed E-state index contributed by atoms with van der Waals surface area (Å²) in [5, 5.41) is 5.50. The first-order chi connectivity index (χ1) is 9.97. The number of nitrogens with one attached hydrogen (secondary N) is 2. The molecule has 2 unspecified atom stereocenters. The van der Waals surface area contributed by atoms with Crippen LogP contribution < -0.4 is 10.6 Å². The maximum Gasteiger partial charge on any atom is 0.313 e. The van der Waals surface area contributed by atoms with Crippen LogP contribution >= 0.6 is 15.9 Å². The number of anilines is 1. The van der Waals surface area contributed by atoms with Crippen molar-refractivity contribution in [2.45, 2.75) is 45.6 Å². The van der Waals surface area contributed by atoms with Crippen LogP contribution in [0.2, 0.25) is 0 Å². The fourth-order valence-electron chi connectivity index (χ4n) is 2.67. The highest BCUT2D eigenvalue weighted by Gasteiger charge is 2.25. The highest BCUT2D eigenvalue weighted by molar-refractivity contribution is 9.10. The minimum Gasteiger partial charge on any atom is -0.345 e. The van der Waals surface area contributed by atoms with Gasteiger partial charge in [-0.2, -0.15) is 0 Å². The third-order valence-corrected chi connectivity index (χ3v) is 4.94. The van der Waals surface area contributed by atoms with Crippen LogP contribution in [0.5, 0.6) is 0 Å². The Morgan fingerprint density at radius 1 is 1.19 bits per heavy atom. The average Bonchev–Trinajstić information content (AvgIpc) is 2.45. The van der Waals surface area contributed by atoms with Gasteiger partial charge in [-0.3, -0.25) is 9.59 Å². The number of carbonyl (C=O) groups is 2. The topological polar surface area (TPSA) is 58.2 Å². The van der Waals surface area contributed by atoms with Crippen molar-refractivity contribution in [3.05, 3.63) is 28.2 Å². The molecule has 1 fully saturated rings. The van der Waals surface area contributed by atoms with Gasteiger partial charge in [0.1, 0.15) is 0 Å². The van der Waals surface area contributed by atoms with Gasteiger partial charge in [-0.1, -0.05) is 35.7 Å². The second-order valence-electron chi connectivity index (χ2n) is 5.76. The number of hydrogen-bond donors (Lipinski definition) is 2. The van der Waals surface area contributed by atoms with E-state index in [9.17, 15) is 9.59 Å². The lowest BCUT2D eigenvalue weighted by molar-refractivity contribution is -0.137. The second kappa shape index (κ2) is 7.07. The van der Waals surface area contributed by atoms with Gasteiger partial charge in [-0.15, -0.1) is 0 Å². The lowest BCUT2D eigenvalue weighted by Crippen LogP contribution is -2.45. The maximum atomic E-state index is 12.0. The van der Waals surface area contributed by atoms with Gasteiger partial charge in [0.25, 0.3) is 0 Å². The van der Waals surface area contributed by atoms with Crippen LogP contribution in [0.3, 0.4) is 0 Å². The molecule has 0 aromatic heterocycles. The van der Waals surface area contributed by atoms with E-state index in [4.69, 9.17) is 0 Å². The zero-order valence-electron chi connectivity index (χ0n) is 12.4. The summed E-state index contributed by atoms with van der Waals surface area (Å²) in [7, 11) is 0. The maximum absolute atomic E-state index is 12.0. The monoisotopic (exact) mass is 352 g/mol. The van der Waals surface area contributed by atoms with Crippen LogP contribution in [0.15, 0.2) is 22.7 Å². The summed E-state index contributed by atoms with van der Waals surface area (Å²) in [6.07, 6.45) is 4.39. The molecule has 0 saturated heterocycles. The zero-order chi connectivity index (χ0) is 15.4. The Morgan fingerprint density at radius 3 is 2.57 bits per heavy atom. The van der Waals surface area contributed by atoms with Crippen LogP contribution in [0.1, 0.15) is 38.2 Å². The molecule has 1 saturated carbocycles. The zero-order valence-corrected chi connectivity index (χ0v) is 14.0. The molecule has 1 aromatic carbocycles. The Labute approximate surface area is 133 Å². The first-order valence-corrected chi connectivity index (χ1v) is 8.14. The number of hydrogen-bond acceptors (Lipinski definition) is 2. The molecule has 0 bridgehead atoms. The van der Waals surface area contributed by atoms with Crippen molar-refractivity contribution in [3.8, 4) is 0 Å². The van der Waals surface area contributed by atoms with Gasteiger partial charge in [-0.05, 0) is 49.4 Å². The Morgan fingerprint density at radius 2 is 1.90 bits per heavy atom. The minimum absolute atomic E-state index is 0.114. The summed E-state index contributed by atoms with van der Waals surface area (Å²) in [4.78, 5) is 23.9. The van der Waals surface area contributed by atoms with Crippen molar-refractivity contribution in [1.82, 2.24) is 5.32 Å². The highest BCUT2D eigenvalue weighted by atomic mass is 79.9. The first kappa shape index (κ1) is 16.0. The molecule has 2 N–H and O–H groups in total. The lowest BCUT2D eigenvalue weighted by Gasteiger charge is -2.29. The fraction of sp³-hybridized carbons (Fsp3) is 0.500. The molecule has 2 amide bonds. The molecular formula is C16H21BrN2O2. The van der Waals surface area contributed by atoms with Crippen LogP contribution in [0, 0.1) is 12.8 Å². The molecule has 2 atom stereocenters. The van der Waals surface area contributed by atoms with E-state index in [0.717, 1.165) is 29.3 Å². The summed E-state index contributed by atoms with van der Waals surface area (Å²) >= 11 is 3.40. The SMILES string of the molecule is Cc1cc(NC(=O)C(=O)NC2CCCCC2C)ccc1Br. The molecule has 0 heterocycles. The number of carbonyl (C=O) groups excluding carboxylic acids is 2. The van der Waals surface area contributed by atoms with Crippen molar-refractivity contribution in [2.75, 3.05) is 5.32 Å². The molecule has 1 aromatic rings. The third kappa shape index (κ3) is 4.30. The number of amides is 2. The molecule has 0 spiro atoms. The Hall–Kier alpha value is -1.36. The smallest absolute Gasteiger partial charge is 0.313 e. The Kier molecular flexibility index (Phi) is 5.39. The molecule has 21 heavy (non-hydrogen) atoms. The normalized spacial score (nSPS) is 21.7. The van der Waals surface area contributed by atoms with Crippen molar-refractivity contribution < 1.29 is 9.59 Å². The van der Waals surface area contributed by atoms with E-state index in [1.165, 1.54) is 6.42 Å². The molecular weight excluding hydrogens is 332 g/mol. The van der Waals surface area contributed by atoms with E-state index < -0.39 is 11.8 Å². The van der Waals surface area contributed by atoms with Crippen molar-refractivity contribution >= 4 is 33.4 Å². The lowest BCUT2D eigenvalue weighted by atomic mass is 9.86. The summed E-state index contributed by atoms with van der Waals surface area (Å²) in [5.74, 6) is -0.714. The van der Waals surface area contributed by atoms with Crippen molar-refractivity contribution in [2.24, 2.45) is 5.92 Å². The van der Waals surface area contributed by atoms with Crippen molar-refractivity contribution in [3.63, 3.8) is 0 Å². The van der Waals surface area contributed by atoms with Gasteiger partial charge < -0.3 is 10.6 Å². The van der Waals surface area contributed by atoms with E-state index in [1.807, 2.05) is 19.1 Å². The van der Waals surface area contributed by atoms with E-state index in [-0.39, 0.29) is 6.04 Å². The summed E-state index contributed by atoms with van der Waals surface area (Å²) in [6, 6.07) is 5.57. The third-order valence-electron chi connectivity index (χ3n) is 4.05. The molecule has 4 nitrogen and oxygen atoms in total. The Bertz CT molecular complexity index is 545. The minimum atomic E-state index is -0.602. The first-order valence-electron chi connectivity index (χ1n) is 7.35. The molecule has 2 rings (SSSR count). The summed E-state index contributed by atoms with van der Waals surface area (Å²) in [6.45, 7) is 4.06. The number of rotatable bonds is 2. The molecule has 0 radical (unpaired) electrons. The highest BCUT2D eigenvalue weighted by Crippen LogP contribution is 2.24. The van der Waals surface area contributed by atoms with Crippen LogP contribution in [-0.2, 0) is 9.59 Å². The molecule has 1 aliphatic carbocycles. The van der Waals surface area contributed by atoms with Gasteiger partial charge in [0.15, 0.2) is 0 Å². The van der Waals surface area contributed by atoms with Crippen LogP contribution in [0.25, 0.3) is 0 Å². The van der Waals surface area contributed by atoms with Crippen LogP contribution in [-0.4, -0.2) is 17.9 Å². The van der Waals surface area contributed by atoms with Gasteiger partial charge in [0, 0.05) is 16.2 Å². The van der Waals surface area contributed by atoms with E-state index >= 15 is 0 Å². The van der Waals surface area contributed by atoms with Gasteiger partial charge >= 0.3 is 11.8 Å². The Balaban J connectivity index is 1.93. The molecule has 0 aliphatic heterocycles. The molecule has 114 valence electrons. The quantitative estimate of drug-likeness (QED) is 0.801. The van der Waals surface area contributed by atoms with Crippen LogP contribution in [0.4, 0.5) is 5.69 Å².